The van der Waals surface area contributed by atoms with Crippen molar-refractivity contribution in [2.24, 2.45) is 0 Å². The van der Waals surface area contributed by atoms with Gasteiger partial charge in [-0.05, 0) is 30.0 Å². The third kappa shape index (κ3) is 2.03. The number of rotatable bonds is 1. The van der Waals surface area contributed by atoms with Crippen LogP contribution in [0, 0.1) is 6.92 Å². The van der Waals surface area contributed by atoms with Gasteiger partial charge in [0.05, 0.1) is 0 Å². The van der Waals surface area contributed by atoms with Crippen molar-refractivity contribution in [3.8, 4) is 0 Å². The average molecular weight is 220 g/mol. The first-order valence-electron chi connectivity index (χ1n) is 6.15. The zero-order chi connectivity index (χ0) is 11.7. The van der Waals surface area contributed by atoms with Crippen LogP contribution in [0.5, 0.6) is 0 Å². The molecular formula is C17H16. The van der Waals surface area contributed by atoms with Gasteiger partial charge < -0.3 is 0 Å². The Balaban J connectivity index is 1.94. The summed E-state index contributed by atoms with van der Waals surface area (Å²) in [5, 5.41) is 0. The Morgan fingerprint density at radius 2 is 1.82 bits per heavy atom. The standard InChI is InChI=1S/C17H16/c1-13-7-8-17-12-16(10-9-15(17)11-13)14-5-3-2-4-6-14/h2-11,16H,12H2,1H3. The summed E-state index contributed by atoms with van der Waals surface area (Å²) in [6.07, 6.45) is 5.72. The quantitative estimate of drug-likeness (QED) is 0.670. The van der Waals surface area contributed by atoms with Crippen LogP contribution >= 0.6 is 0 Å². The molecule has 0 aliphatic heterocycles. The number of fused-ring (bicyclic) bond motifs is 1. The summed E-state index contributed by atoms with van der Waals surface area (Å²) in [4.78, 5) is 0. The molecule has 84 valence electrons. The van der Waals surface area contributed by atoms with Crippen molar-refractivity contribution in [3.05, 3.63) is 76.9 Å². The highest BCUT2D eigenvalue weighted by Crippen LogP contribution is 2.30. The Morgan fingerprint density at radius 3 is 2.65 bits per heavy atom. The van der Waals surface area contributed by atoms with E-state index in [-0.39, 0.29) is 0 Å². The Morgan fingerprint density at radius 1 is 1.00 bits per heavy atom. The molecule has 1 atom stereocenters. The smallest absolute Gasteiger partial charge is 0.00619 e. The van der Waals surface area contributed by atoms with Crippen molar-refractivity contribution < 1.29 is 0 Å². The Kier molecular flexibility index (Phi) is 2.56. The largest absolute Gasteiger partial charge is 0.0761 e. The molecule has 1 aliphatic rings. The molecule has 0 heteroatoms. The van der Waals surface area contributed by atoms with Gasteiger partial charge in [0.1, 0.15) is 0 Å². The van der Waals surface area contributed by atoms with Crippen LogP contribution < -0.4 is 0 Å². The van der Waals surface area contributed by atoms with Gasteiger partial charge >= 0.3 is 0 Å². The van der Waals surface area contributed by atoms with Crippen LogP contribution in [0.4, 0.5) is 0 Å². The lowest BCUT2D eigenvalue weighted by atomic mass is 9.85. The predicted molar refractivity (Wildman–Crippen MR) is 73.1 cm³/mol. The van der Waals surface area contributed by atoms with Crippen molar-refractivity contribution >= 4 is 6.08 Å². The molecule has 0 saturated heterocycles. The summed E-state index contributed by atoms with van der Waals surface area (Å²) >= 11 is 0. The van der Waals surface area contributed by atoms with Gasteiger partial charge in [-0.3, -0.25) is 0 Å². The summed E-state index contributed by atoms with van der Waals surface area (Å²) in [6, 6.07) is 17.5. The number of aryl methyl sites for hydroxylation is 1. The van der Waals surface area contributed by atoms with Crippen LogP contribution in [0.25, 0.3) is 6.08 Å². The summed E-state index contributed by atoms with van der Waals surface area (Å²) < 4.78 is 0. The van der Waals surface area contributed by atoms with E-state index in [9.17, 15) is 0 Å². The second kappa shape index (κ2) is 4.21. The zero-order valence-corrected chi connectivity index (χ0v) is 10.1. The lowest BCUT2D eigenvalue weighted by Crippen LogP contribution is -2.05. The number of hydrogen-bond donors (Lipinski definition) is 0. The number of hydrogen-bond acceptors (Lipinski definition) is 0. The molecule has 0 saturated carbocycles. The maximum Gasteiger partial charge on any atom is 0.00619 e. The molecule has 0 bridgehead atoms. The lowest BCUT2D eigenvalue weighted by molar-refractivity contribution is 0.826. The zero-order valence-electron chi connectivity index (χ0n) is 10.1. The van der Waals surface area contributed by atoms with E-state index in [0.29, 0.717) is 5.92 Å². The van der Waals surface area contributed by atoms with Crippen LogP contribution in [0.15, 0.2) is 54.6 Å². The molecule has 0 spiro atoms. The summed E-state index contributed by atoms with van der Waals surface area (Å²) in [5.74, 6) is 0.534. The monoisotopic (exact) mass is 220 g/mol. The third-order valence-corrected chi connectivity index (χ3v) is 3.48. The van der Waals surface area contributed by atoms with E-state index in [1.165, 1.54) is 22.3 Å². The van der Waals surface area contributed by atoms with E-state index < -0.39 is 0 Å². The minimum Gasteiger partial charge on any atom is -0.0761 e. The molecular weight excluding hydrogens is 204 g/mol. The molecule has 0 nitrogen and oxygen atoms in total. The third-order valence-electron chi connectivity index (χ3n) is 3.48. The highest BCUT2D eigenvalue weighted by molar-refractivity contribution is 5.59. The maximum absolute atomic E-state index is 2.33. The Labute approximate surface area is 103 Å². The topological polar surface area (TPSA) is 0 Å². The molecule has 2 aromatic rings. The molecule has 0 radical (unpaired) electrons. The second-order valence-corrected chi connectivity index (χ2v) is 4.78. The first-order chi connectivity index (χ1) is 8.33. The van der Waals surface area contributed by atoms with Crippen molar-refractivity contribution in [1.82, 2.24) is 0 Å². The maximum atomic E-state index is 2.33. The molecule has 3 rings (SSSR count). The molecule has 2 aromatic carbocycles. The SMILES string of the molecule is Cc1ccc2c(c1)C=CC(c1ccccc1)C2. The van der Waals surface area contributed by atoms with Crippen molar-refractivity contribution in [1.29, 1.82) is 0 Å². The lowest BCUT2D eigenvalue weighted by Gasteiger charge is -2.20. The highest BCUT2D eigenvalue weighted by Gasteiger charge is 2.14. The van der Waals surface area contributed by atoms with E-state index in [0.717, 1.165) is 6.42 Å². The van der Waals surface area contributed by atoms with Gasteiger partial charge in [0, 0.05) is 5.92 Å². The van der Waals surface area contributed by atoms with Gasteiger partial charge in [-0.15, -0.1) is 0 Å². The van der Waals surface area contributed by atoms with Gasteiger partial charge in [-0.25, -0.2) is 0 Å². The molecule has 1 aliphatic carbocycles. The first-order valence-corrected chi connectivity index (χ1v) is 6.15. The molecule has 1 unspecified atom stereocenters. The predicted octanol–water partition coefficient (Wildman–Crippen LogP) is 4.35. The fourth-order valence-electron chi connectivity index (χ4n) is 2.51. The summed E-state index contributed by atoms with van der Waals surface area (Å²) in [5.41, 5.74) is 5.60. The first kappa shape index (κ1) is 10.3. The van der Waals surface area contributed by atoms with E-state index in [4.69, 9.17) is 0 Å². The van der Waals surface area contributed by atoms with Crippen LogP contribution in [-0.2, 0) is 6.42 Å². The fraction of sp³-hybridized carbons (Fsp3) is 0.176. The summed E-state index contributed by atoms with van der Waals surface area (Å²) in [6.45, 7) is 2.15. The second-order valence-electron chi connectivity index (χ2n) is 4.78. The Hall–Kier alpha value is -1.82. The fourth-order valence-corrected chi connectivity index (χ4v) is 2.51. The molecule has 0 N–H and O–H groups in total. The van der Waals surface area contributed by atoms with E-state index in [1.807, 2.05) is 0 Å². The Bertz CT molecular complexity index is 550. The minimum absolute atomic E-state index is 0.534. The van der Waals surface area contributed by atoms with Crippen molar-refractivity contribution in [2.75, 3.05) is 0 Å². The van der Waals surface area contributed by atoms with E-state index in [2.05, 4.69) is 67.6 Å². The van der Waals surface area contributed by atoms with Crippen molar-refractivity contribution in [2.45, 2.75) is 19.3 Å². The van der Waals surface area contributed by atoms with Crippen LogP contribution in [0.3, 0.4) is 0 Å². The van der Waals surface area contributed by atoms with Crippen LogP contribution in [-0.4, -0.2) is 0 Å². The van der Waals surface area contributed by atoms with Gasteiger partial charge in [0.25, 0.3) is 0 Å². The summed E-state index contributed by atoms with van der Waals surface area (Å²) in [7, 11) is 0. The highest BCUT2D eigenvalue weighted by atomic mass is 14.2. The molecule has 0 heterocycles. The van der Waals surface area contributed by atoms with Crippen LogP contribution in [0.2, 0.25) is 0 Å². The molecule has 0 fully saturated rings. The molecule has 17 heavy (non-hydrogen) atoms. The normalized spacial score (nSPS) is 17.8. The number of benzene rings is 2. The average Bonchev–Trinajstić information content (AvgIpc) is 2.39. The minimum atomic E-state index is 0.534. The number of allylic oxidation sites excluding steroid dienone is 1. The van der Waals surface area contributed by atoms with Gasteiger partial charge in [-0.2, -0.15) is 0 Å². The molecule has 0 amide bonds. The van der Waals surface area contributed by atoms with E-state index in [1.54, 1.807) is 0 Å². The van der Waals surface area contributed by atoms with Crippen LogP contribution in [0.1, 0.15) is 28.2 Å². The molecule has 0 aromatic heterocycles. The van der Waals surface area contributed by atoms with E-state index >= 15 is 0 Å². The van der Waals surface area contributed by atoms with Gasteiger partial charge in [0.15, 0.2) is 0 Å². The van der Waals surface area contributed by atoms with Crippen molar-refractivity contribution in [3.63, 3.8) is 0 Å². The van der Waals surface area contributed by atoms with Gasteiger partial charge in [-0.1, -0.05) is 66.2 Å². The van der Waals surface area contributed by atoms with Gasteiger partial charge in [0.2, 0.25) is 0 Å².